The van der Waals surface area contributed by atoms with Crippen molar-refractivity contribution in [2.75, 3.05) is 14.1 Å². The fraction of sp³-hybridized carbons (Fsp3) is 0.917. The van der Waals surface area contributed by atoms with Gasteiger partial charge in [0.15, 0.2) is 0 Å². The molecular weight excluding hydrogens is 439 g/mol. The minimum atomic E-state index is -5.61. The van der Waals surface area contributed by atoms with Crippen LogP contribution in [0.3, 0.4) is 0 Å². The quantitative estimate of drug-likeness (QED) is 0.350. The molecule has 4 rings (SSSR count). The normalized spacial score (nSPS) is 39.2. The molecule has 3 saturated carbocycles. The molecule has 0 spiro atoms. The lowest BCUT2D eigenvalue weighted by molar-refractivity contribution is -0.0664. The molecule has 4 nitrogen and oxygen atoms in total. The van der Waals surface area contributed by atoms with Crippen LogP contribution in [0.5, 0.6) is 0 Å². The summed E-state index contributed by atoms with van der Waals surface area (Å²) in [5.74, 6) is 2.73. The number of halogens is 3. The smallest absolute Gasteiger partial charge is 0.380 e. The van der Waals surface area contributed by atoms with E-state index in [1.54, 1.807) is 6.08 Å². The van der Waals surface area contributed by atoms with Gasteiger partial charge in [-0.1, -0.05) is 27.2 Å². The predicted octanol–water partition coefficient (Wildman–Crippen LogP) is 6.35. The highest BCUT2D eigenvalue weighted by molar-refractivity contribution is 7.87. The van der Waals surface area contributed by atoms with Gasteiger partial charge >= 0.3 is 15.6 Å². The Kier molecular flexibility index (Phi) is 7.65. The van der Waals surface area contributed by atoms with Gasteiger partial charge in [-0.15, -0.1) is 0 Å². The molecule has 0 saturated heterocycles. The van der Waals surface area contributed by atoms with E-state index in [1.807, 2.05) is 6.92 Å². The molecule has 186 valence electrons. The summed E-state index contributed by atoms with van der Waals surface area (Å²) in [7, 11) is -1.29. The second kappa shape index (κ2) is 9.47. The van der Waals surface area contributed by atoms with E-state index in [0.717, 1.165) is 18.8 Å². The van der Waals surface area contributed by atoms with E-state index in [2.05, 4.69) is 37.0 Å². The Hall–Kier alpha value is -0.760. The van der Waals surface area contributed by atoms with Gasteiger partial charge in [0, 0.05) is 11.5 Å². The molecule has 0 bridgehead atoms. The van der Waals surface area contributed by atoms with E-state index in [1.165, 1.54) is 32.1 Å². The van der Waals surface area contributed by atoms with Crippen LogP contribution in [0, 0.1) is 35.0 Å². The van der Waals surface area contributed by atoms with Gasteiger partial charge in [-0.3, -0.25) is 0 Å². The van der Waals surface area contributed by atoms with Crippen molar-refractivity contribution in [3.05, 3.63) is 11.8 Å². The van der Waals surface area contributed by atoms with Crippen LogP contribution in [-0.4, -0.2) is 39.0 Å². The third-order valence-corrected chi connectivity index (χ3v) is 9.62. The van der Waals surface area contributed by atoms with Crippen LogP contribution in [0.4, 0.5) is 13.2 Å². The van der Waals surface area contributed by atoms with Crippen LogP contribution >= 0.6 is 0 Å². The molecule has 0 aliphatic heterocycles. The molecule has 3 fully saturated rings. The SMILES string of the molecule is CCC.CN(C)C1CCC2C(CCC3C2CCC2(C)C(OS(=O)(=O)C(F)(F)F)=CCC32)C1. The highest BCUT2D eigenvalue weighted by atomic mass is 32.2. The van der Waals surface area contributed by atoms with E-state index in [4.69, 9.17) is 0 Å². The van der Waals surface area contributed by atoms with E-state index in [-0.39, 0.29) is 11.7 Å². The minimum Gasteiger partial charge on any atom is -0.380 e. The summed E-state index contributed by atoms with van der Waals surface area (Å²) in [6.45, 7) is 6.16. The van der Waals surface area contributed by atoms with Crippen LogP contribution in [0.1, 0.15) is 78.6 Å². The Morgan fingerprint density at radius 3 is 2.28 bits per heavy atom. The van der Waals surface area contributed by atoms with E-state index in [9.17, 15) is 21.6 Å². The Labute approximate surface area is 192 Å². The number of nitrogens with zero attached hydrogens (tertiary/aromatic N) is 1. The van der Waals surface area contributed by atoms with E-state index >= 15 is 0 Å². The Bertz CT molecular complexity index is 795. The zero-order chi connectivity index (χ0) is 23.9. The first kappa shape index (κ1) is 25.9. The highest BCUT2D eigenvalue weighted by Gasteiger charge is 2.58. The monoisotopic (exact) mass is 479 g/mol. The van der Waals surface area contributed by atoms with Crippen molar-refractivity contribution in [3.8, 4) is 0 Å². The van der Waals surface area contributed by atoms with Crippen LogP contribution < -0.4 is 0 Å². The van der Waals surface area contributed by atoms with Crippen molar-refractivity contribution < 1.29 is 25.8 Å². The average molecular weight is 480 g/mol. The van der Waals surface area contributed by atoms with Crippen molar-refractivity contribution >= 4 is 10.1 Å². The highest BCUT2D eigenvalue weighted by Crippen LogP contribution is 2.63. The first-order valence-corrected chi connectivity index (χ1v) is 13.6. The van der Waals surface area contributed by atoms with Gasteiger partial charge in [0.25, 0.3) is 0 Å². The van der Waals surface area contributed by atoms with Crippen LogP contribution in [-0.2, 0) is 14.3 Å². The number of rotatable bonds is 3. The standard InChI is InChI=1S/C21H32F3NO3S.C3H8/c1-20-11-10-16-15-7-5-14(25(2)3)12-13(15)4-6-17(16)18(20)8-9-19(20)28-29(26,27)21(22,23)24;1-3-2/h9,13-18H,4-8,10-12H2,1-3H3;3H2,1-2H3. The van der Waals surface area contributed by atoms with Crippen molar-refractivity contribution in [3.63, 3.8) is 0 Å². The maximum absolute atomic E-state index is 12.8. The molecule has 0 heterocycles. The van der Waals surface area contributed by atoms with Crippen LogP contribution in [0.2, 0.25) is 0 Å². The summed E-state index contributed by atoms with van der Waals surface area (Å²) < 4.78 is 66.3. The second-order valence-electron chi connectivity index (χ2n) is 10.8. The Morgan fingerprint density at radius 2 is 1.69 bits per heavy atom. The average Bonchev–Trinajstić information content (AvgIpc) is 3.03. The zero-order valence-electron chi connectivity index (χ0n) is 20.1. The lowest BCUT2D eigenvalue weighted by Gasteiger charge is -2.55. The topological polar surface area (TPSA) is 46.6 Å². The fourth-order valence-electron chi connectivity index (χ4n) is 7.12. The van der Waals surface area contributed by atoms with Gasteiger partial charge in [-0.05, 0) is 101 Å². The molecule has 0 amide bonds. The number of fused-ring (bicyclic) bond motifs is 5. The maximum atomic E-state index is 12.8. The maximum Gasteiger partial charge on any atom is 0.534 e. The number of alkyl halides is 3. The molecule has 7 atom stereocenters. The van der Waals surface area contributed by atoms with Crippen molar-refractivity contribution in [2.24, 2.45) is 35.0 Å². The van der Waals surface area contributed by atoms with E-state index in [0.29, 0.717) is 36.6 Å². The molecule has 4 aliphatic rings. The van der Waals surface area contributed by atoms with Gasteiger partial charge < -0.3 is 9.08 Å². The van der Waals surface area contributed by atoms with E-state index < -0.39 is 21.0 Å². The lowest BCUT2D eigenvalue weighted by atomic mass is 9.50. The first-order chi connectivity index (χ1) is 14.9. The molecular formula is C24H40F3NO3S. The third kappa shape index (κ3) is 4.73. The summed E-state index contributed by atoms with van der Waals surface area (Å²) in [5.41, 5.74) is -5.99. The molecule has 7 unspecified atom stereocenters. The van der Waals surface area contributed by atoms with Gasteiger partial charge in [-0.25, -0.2) is 0 Å². The Balaban J connectivity index is 0.000000913. The summed E-state index contributed by atoms with van der Waals surface area (Å²) in [6, 6.07) is 0.655. The fourth-order valence-corrected chi connectivity index (χ4v) is 7.71. The molecule has 4 aliphatic carbocycles. The largest absolute Gasteiger partial charge is 0.534 e. The van der Waals surface area contributed by atoms with Gasteiger partial charge in [0.05, 0.1) is 0 Å². The number of hydrogen-bond donors (Lipinski definition) is 0. The molecule has 0 radical (unpaired) electrons. The second-order valence-corrected chi connectivity index (χ2v) is 12.4. The van der Waals surface area contributed by atoms with Crippen molar-refractivity contribution in [2.45, 2.75) is 90.1 Å². The van der Waals surface area contributed by atoms with Crippen LogP contribution in [0.25, 0.3) is 0 Å². The summed E-state index contributed by atoms with van der Waals surface area (Å²) >= 11 is 0. The number of hydrogen-bond acceptors (Lipinski definition) is 4. The zero-order valence-corrected chi connectivity index (χ0v) is 20.9. The van der Waals surface area contributed by atoms with Crippen molar-refractivity contribution in [1.82, 2.24) is 4.90 Å². The molecule has 0 aromatic heterocycles. The van der Waals surface area contributed by atoms with Gasteiger partial charge in [-0.2, -0.15) is 21.6 Å². The first-order valence-electron chi connectivity index (χ1n) is 12.2. The van der Waals surface area contributed by atoms with Gasteiger partial charge in [0.1, 0.15) is 5.76 Å². The summed E-state index contributed by atoms with van der Waals surface area (Å²) in [4.78, 5) is 2.34. The lowest BCUT2D eigenvalue weighted by Crippen LogP contribution is -2.50. The molecule has 0 aromatic carbocycles. The molecule has 8 heteroatoms. The minimum absolute atomic E-state index is 0.0247. The molecule has 0 N–H and O–H groups in total. The molecule has 32 heavy (non-hydrogen) atoms. The predicted molar refractivity (Wildman–Crippen MR) is 120 cm³/mol. The summed E-state index contributed by atoms with van der Waals surface area (Å²) in [6.07, 6.45) is 11.1. The summed E-state index contributed by atoms with van der Waals surface area (Å²) in [5, 5.41) is 0. The van der Waals surface area contributed by atoms with Crippen molar-refractivity contribution in [1.29, 1.82) is 0 Å². The number of allylic oxidation sites excluding steroid dienone is 2. The van der Waals surface area contributed by atoms with Crippen LogP contribution in [0.15, 0.2) is 11.8 Å². The Morgan fingerprint density at radius 1 is 1.06 bits per heavy atom. The van der Waals surface area contributed by atoms with Gasteiger partial charge in [0.2, 0.25) is 0 Å². The third-order valence-electron chi connectivity index (χ3n) is 8.65. The molecule has 0 aromatic rings.